The number of carboxylic acid groups (broad SMARTS) is 1. The first-order valence-corrected chi connectivity index (χ1v) is 50.3. The molecular formula is C108H126N8O25S2. The highest BCUT2D eigenvalue weighted by Crippen LogP contribution is 2.61. The lowest BCUT2D eigenvalue weighted by Crippen LogP contribution is -2.75. The summed E-state index contributed by atoms with van der Waals surface area (Å²) in [7, 11) is 6.33. The van der Waals surface area contributed by atoms with Gasteiger partial charge >= 0.3 is 24.1 Å². The number of nitrogens with zero attached hydrogens (tertiary/aromatic N) is 6. The third-order valence-corrected chi connectivity index (χ3v) is 30.7. The van der Waals surface area contributed by atoms with E-state index in [-0.39, 0.29) is 121 Å². The highest BCUT2D eigenvalue weighted by Gasteiger charge is 2.68. The SMILES string of the molecule is C=CCN1[C@@H]2c3c(cc(C)c(OC)c3OCOCCOC)C[C@H]1[C@H](C#N)N1C2CC2(O)C(=O)C(C)=C3OCOC3=C2[C@@H]1CO.C=CCN1[C@@H]2c3c(cc(C)c(OC)c3OCOCCOC)C[C@H]1[C@H](C#N)N1C2CC2(O)C(=O)C(C)=C3OCOC3=C2[C@@H]1COC(=O)[C@H](CSCC1c2ccccc2-c2ccccc21)NC(=O)OC(C)(C)C.CC(C)(C)OC(=O)N[C@@H](CSCC1c2ccccc2-c2ccccc21)C(=O)O. The van der Waals surface area contributed by atoms with Crippen molar-refractivity contribution in [3.8, 4) is 57.4 Å². The lowest BCUT2D eigenvalue weighted by molar-refractivity contribution is -0.160. The molecule has 35 heteroatoms. The number of carbonyl (C=O) groups excluding carboxylic acids is 5. The molecule has 6 aromatic rings. The summed E-state index contributed by atoms with van der Waals surface area (Å²) in [5.74, 6) is 1.99. The number of piperazine rings is 2. The zero-order valence-electron chi connectivity index (χ0n) is 83.0. The Morgan fingerprint density at radius 2 is 0.923 bits per heavy atom. The third-order valence-electron chi connectivity index (χ3n) is 28.5. The van der Waals surface area contributed by atoms with Crippen molar-refractivity contribution in [1.29, 1.82) is 10.5 Å². The predicted octanol–water partition coefficient (Wildman–Crippen LogP) is 12.8. The van der Waals surface area contributed by atoms with Crippen LogP contribution in [0.25, 0.3) is 22.3 Å². The number of aliphatic hydroxyl groups excluding tert-OH is 1. The van der Waals surface area contributed by atoms with Crippen molar-refractivity contribution in [1.82, 2.24) is 30.2 Å². The minimum Gasteiger partial charge on any atom is -0.493 e. The number of fused-ring (bicyclic) bond motifs is 22. The molecule has 18 rings (SSSR count). The third kappa shape index (κ3) is 20.0. The number of piperidine rings is 2. The van der Waals surface area contributed by atoms with Gasteiger partial charge in [0.2, 0.25) is 13.6 Å². The largest absolute Gasteiger partial charge is 0.493 e. The van der Waals surface area contributed by atoms with E-state index in [2.05, 4.69) is 100 Å². The number of carbonyl (C=O) groups is 6. The first kappa shape index (κ1) is 104. The van der Waals surface area contributed by atoms with Crippen molar-refractivity contribution >= 4 is 59.2 Å². The van der Waals surface area contributed by atoms with Gasteiger partial charge in [0.15, 0.2) is 82.4 Å². The number of ketones is 2. The lowest BCUT2D eigenvalue weighted by atomic mass is 9.64. The van der Waals surface area contributed by atoms with Gasteiger partial charge in [-0.3, -0.25) is 29.2 Å². The molecule has 12 aliphatic rings. The number of benzene rings is 6. The Balaban J connectivity index is 0.000000172. The van der Waals surface area contributed by atoms with Crippen molar-refractivity contribution < 1.29 is 120 Å². The first-order chi connectivity index (χ1) is 68.7. The summed E-state index contributed by atoms with van der Waals surface area (Å²) in [5.41, 5.74) is 10.1. The number of Topliss-reactive ketones (excluding diaryl/α,β-unsaturated/α-hetero) is 2. The van der Waals surface area contributed by atoms with E-state index >= 15 is 0 Å². The number of aliphatic hydroxyl groups is 3. The molecule has 6 aromatic carbocycles. The summed E-state index contributed by atoms with van der Waals surface area (Å²) < 4.78 is 87.0. The summed E-state index contributed by atoms with van der Waals surface area (Å²) in [6, 6.07) is 33.6. The molecule has 6 N–H and O–H groups in total. The van der Waals surface area contributed by atoms with Gasteiger partial charge in [0.1, 0.15) is 42.0 Å². The van der Waals surface area contributed by atoms with E-state index in [1.165, 1.54) is 68.0 Å². The van der Waals surface area contributed by atoms with Crippen LogP contribution in [0.5, 0.6) is 23.0 Å². The number of aliphatic carboxylic acids is 1. The molecule has 33 nitrogen and oxygen atoms in total. The first-order valence-electron chi connectivity index (χ1n) is 48.0. The normalized spacial score (nSPS) is 24.5. The molecule has 0 saturated carbocycles. The Kier molecular flexibility index (Phi) is 31.8. The number of carboxylic acids is 1. The number of amides is 2. The molecule has 4 bridgehead atoms. The zero-order valence-corrected chi connectivity index (χ0v) is 84.7. The number of ether oxygens (including phenoxy) is 15. The maximum Gasteiger partial charge on any atom is 0.408 e. The quantitative estimate of drug-likeness (QED) is 0.00732. The summed E-state index contributed by atoms with van der Waals surface area (Å²) >= 11 is 3.02. The van der Waals surface area contributed by atoms with Gasteiger partial charge in [0.05, 0.1) is 83.6 Å². The molecule has 8 heterocycles. The molecule has 2 amide bonds. The van der Waals surface area contributed by atoms with Crippen molar-refractivity contribution in [2.45, 2.75) is 202 Å². The van der Waals surface area contributed by atoms with Gasteiger partial charge in [0, 0.05) is 133 Å². The van der Waals surface area contributed by atoms with Crippen molar-refractivity contribution in [3.05, 3.63) is 235 Å². The summed E-state index contributed by atoms with van der Waals surface area (Å²) in [4.78, 5) is 88.7. The number of aryl methyl sites for hydroxylation is 2. The number of thioether (sulfide) groups is 2. The fourth-order valence-corrected chi connectivity index (χ4v) is 25.3. The van der Waals surface area contributed by atoms with Gasteiger partial charge in [-0.25, -0.2) is 19.2 Å². The molecule has 8 aliphatic heterocycles. The predicted molar refractivity (Wildman–Crippen MR) is 531 cm³/mol. The minimum absolute atomic E-state index is 0.0439. The van der Waals surface area contributed by atoms with Gasteiger partial charge in [-0.15, -0.1) is 13.2 Å². The molecule has 4 unspecified atom stereocenters. The van der Waals surface area contributed by atoms with Crippen LogP contribution in [-0.2, 0) is 84.1 Å². The second kappa shape index (κ2) is 43.6. The summed E-state index contributed by atoms with van der Waals surface area (Å²) in [6.07, 6.45) is 2.77. The fraction of sp³-hybridized carbons (Fsp3) is 0.481. The molecule has 4 aliphatic carbocycles. The van der Waals surface area contributed by atoms with Crippen LogP contribution in [0.3, 0.4) is 0 Å². The number of nitriles is 2. The number of esters is 1. The van der Waals surface area contributed by atoms with Crippen LogP contribution in [0.15, 0.2) is 180 Å². The standard InChI is InChI=1S/C54H62N4O12S.C32H39N3O9.C22H25NO4S/c1-9-18-57-39-22-32-21-30(2)46(64-8)48(67-28-65-20-19-63-7)43(32)45(57)40-23-54(62)44(49-47(68-29-69-49)31(3)50(54)59)42(58(40)41(39)24-55)25-66-51(60)38(56-52(61)70-53(4,5)6)27-71-26-37-35-16-12-10-14-33(35)34-15-11-13-17-36(34)37;1-6-7-34-20-11-19-10-17(2)27(40-5)29(42-15-41-9-8-39-4)24(19)26(34)21-12-32(38)25(23(14-36)35(21)22(20)13-33)30-28(43-16-44-30)18(3)31(32)37;1-22(2,3)27-21(26)23-19(20(24)25)13-28-12-18-16-10-6-4-8-14(16)15-9-5-7-11-17(15)18/h9-17,21,37-42,45,62H,1,18-20,22-23,25-29H2,2-8H3,(H,56,61);6,10,20-23,26,36,38H,1,7-9,11-12,14-16H2,2-5H3;4-11,18-19H,12-13H2,1-3H3,(H,23,26)(H,24,25)/t38-,39-,40?,41-,42-,45-,54?;20-,21?,22-,23-,26-,32?;19-/m000/s1. The van der Waals surface area contributed by atoms with E-state index in [9.17, 15) is 59.7 Å². The van der Waals surface area contributed by atoms with Gasteiger partial charge < -0.3 is 102 Å². The lowest BCUT2D eigenvalue weighted by Gasteiger charge is -2.63. The Hall–Kier alpha value is -11.8. The topological polar surface area (TPSA) is 406 Å². The molecular weight excluding hydrogens is 1870 g/mol. The Morgan fingerprint density at radius 3 is 1.29 bits per heavy atom. The van der Waals surface area contributed by atoms with Gasteiger partial charge in [-0.2, -0.15) is 34.0 Å². The van der Waals surface area contributed by atoms with Crippen molar-refractivity contribution in [3.63, 3.8) is 0 Å². The fourth-order valence-electron chi connectivity index (χ4n) is 22.9. The van der Waals surface area contributed by atoms with Crippen LogP contribution < -0.4 is 29.6 Å². The molecule has 14 atom stereocenters. The Labute approximate surface area is 841 Å². The highest BCUT2D eigenvalue weighted by molar-refractivity contribution is 7.99. The number of alkyl carbamates (subject to hydrolysis) is 2. The Morgan fingerprint density at radius 1 is 0.545 bits per heavy atom. The molecule has 760 valence electrons. The summed E-state index contributed by atoms with van der Waals surface area (Å²) in [6.45, 7) is 26.4. The molecule has 0 spiro atoms. The van der Waals surface area contributed by atoms with Crippen LogP contribution in [0.2, 0.25) is 0 Å². The molecule has 0 aromatic heterocycles. The van der Waals surface area contributed by atoms with E-state index < -0.39 is 138 Å². The number of methoxy groups -OCH3 is 4. The molecule has 0 radical (unpaired) electrons. The number of hydrogen-bond donors (Lipinski definition) is 6. The second-order valence-corrected chi connectivity index (χ2v) is 41.4. The van der Waals surface area contributed by atoms with E-state index in [0.29, 0.717) is 74.5 Å². The molecule has 143 heavy (non-hydrogen) atoms. The number of rotatable bonds is 33. The minimum atomic E-state index is -2.18. The van der Waals surface area contributed by atoms with E-state index in [4.69, 9.17) is 71.1 Å². The van der Waals surface area contributed by atoms with Gasteiger partial charge in [-0.1, -0.05) is 121 Å². The average molecular weight is 2000 g/mol. The van der Waals surface area contributed by atoms with E-state index in [0.717, 1.165) is 39.1 Å². The van der Waals surface area contributed by atoms with Crippen LogP contribution in [0.1, 0.15) is 148 Å². The average Bonchev–Trinajstić information content (AvgIpc) is 1.34. The maximum absolute atomic E-state index is 14.8. The van der Waals surface area contributed by atoms with Gasteiger partial charge in [-0.05, 0) is 149 Å². The van der Waals surface area contributed by atoms with Crippen LogP contribution in [0.4, 0.5) is 9.59 Å². The zero-order chi connectivity index (χ0) is 102. The monoisotopic (exact) mass is 2000 g/mol. The maximum atomic E-state index is 14.8. The van der Waals surface area contributed by atoms with Crippen molar-refractivity contribution in [2.75, 3.05) is 131 Å². The summed E-state index contributed by atoms with van der Waals surface area (Å²) in [5, 5.41) is 73.2. The van der Waals surface area contributed by atoms with Crippen molar-refractivity contribution in [2.24, 2.45) is 0 Å². The van der Waals surface area contributed by atoms with E-state index in [1.807, 2.05) is 78.2 Å². The number of nitrogens with one attached hydrogen (secondary N) is 2. The van der Waals surface area contributed by atoms with Gasteiger partial charge in [0.25, 0.3) is 0 Å². The smallest absolute Gasteiger partial charge is 0.408 e. The molecule has 6 saturated heterocycles. The second-order valence-electron chi connectivity index (χ2n) is 39.3. The Bertz CT molecular complexity index is 6040. The number of hydrogen-bond acceptors (Lipinski definition) is 32. The molecule has 6 fully saturated rings. The van der Waals surface area contributed by atoms with E-state index in [1.54, 1.807) is 96.0 Å². The van der Waals surface area contributed by atoms with Crippen LogP contribution >= 0.6 is 23.5 Å². The van der Waals surface area contributed by atoms with Crippen LogP contribution in [0, 0.1) is 36.5 Å². The highest BCUT2D eigenvalue weighted by atomic mass is 32.2. The van der Waals surface area contributed by atoms with Crippen LogP contribution in [-0.4, -0.2) is 290 Å².